The first-order valence-corrected chi connectivity index (χ1v) is 4.65. The molecule has 0 heterocycles. The fourth-order valence-corrected chi connectivity index (χ4v) is 1.27. The molecular formula is C11H14O4. The number of Topliss-reactive ketones (excluding diaryl/α,β-unsaturated/α-hetero) is 1. The van der Waals surface area contributed by atoms with Crippen molar-refractivity contribution in [1.29, 1.82) is 0 Å². The van der Waals surface area contributed by atoms with Crippen molar-refractivity contribution in [2.75, 3.05) is 0 Å². The Morgan fingerprint density at radius 3 is 2.20 bits per heavy atom. The molecule has 0 bridgehead atoms. The van der Waals surface area contributed by atoms with Crippen molar-refractivity contribution in [1.82, 2.24) is 0 Å². The summed E-state index contributed by atoms with van der Waals surface area (Å²) in [5, 5.41) is 28.4. The predicted molar refractivity (Wildman–Crippen MR) is 55.3 cm³/mol. The van der Waals surface area contributed by atoms with Crippen LogP contribution in [-0.2, 0) is 0 Å². The van der Waals surface area contributed by atoms with E-state index < -0.39 is 5.75 Å². The molecule has 0 fully saturated rings. The zero-order valence-corrected chi connectivity index (χ0v) is 8.90. The number of aromatic hydroxyl groups is 3. The van der Waals surface area contributed by atoms with E-state index in [1.807, 2.05) is 0 Å². The van der Waals surface area contributed by atoms with E-state index in [1.165, 1.54) is 6.92 Å². The molecule has 4 heteroatoms. The van der Waals surface area contributed by atoms with Crippen molar-refractivity contribution < 1.29 is 20.1 Å². The van der Waals surface area contributed by atoms with Gasteiger partial charge in [-0.05, 0) is 6.92 Å². The molecule has 0 saturated heterocycles. The van der Waals surface area contributed by atoms with Gasteiger partial charge in [-0.3, -0.25) is 4.79 Å². The molecule has 1 rings (SSSR count). The average Bonchev–Trinajstić information content (AvgIpc) is 2.14. The molecule has 0 aliphatic carbocycles. The minimum absolute atomic E-state index is 0.125. The van der Waals surface area contributed by atoms with Crippen molar-refractivity contribution in [3.63, 3.8) is 0 Å². The highest BCUT2D eigenvalue weighted by molar-refractivity contribution is 6.02. The van der Waals surface area contributed by atoms with Crippen LogP contribution in [0.2, 0.25) is 0 Å². The van der Waals surface area contributed by atoms with Crippen LogP contribution in [0.3, 0.4) is 0 Å². The van der Waals surface area contributed by atoms with E-state index in [2.05, 4.69) is 0 Å². The first kappa shape index (κ1) is 11.4. The van der Waals surface area contributed by atoms with E-state index >= 15 is 0 Å². The third-order valence-corrected chi connectivity index (χ3v) is 2.28. The van der Waals surface area contributed by atoms with E-state index in [-0.39, 0.29) is 34.3 Å². The van der Waals surface area contributed by atoms with Gasteiger partial charge in [0, 0.05) is 17.5 Å². The van der Waals surface area contributed by atoms with Gasteiger partial charge >= 0.3 is 0 Å². The molecule has 0 atom stereocenters. The fraction of sp³-hybridized carbons (Fsp3) is 0.364. The van der Waals surface area contributed by atoms with Crippen LogP contribution in [0.4, 0.5) is 0 Å². The Bertz CT molecular complexity index is 408. The van der Waals surface area contributed by atoms with Gasteiger partial charge in [0.25, 0.3) is 0 Å². The fourth-order valence-electron chi connectivity index (χ4n) is 1.27. The minimum atomic E-state index is -0.394. The van der Waals surface area contributed by atoms with Crippen LogP contribution in [0, 0.1) is 12.8 Å². The Hall–Kier alpha value is -1.71. The quantitative estimate of drug-likeness (QED) is 0.652. The van der Waals surface area contributed by atoms with Crippen molar-refractivity contribution >= 4 is 5.78 Å². The van der Waals surface area contributed by atoms with Crippen LogP contribution in [0.1, 0.15) is 29.8 Å². The Morgan fingerprint density at radius 2 is 1.73 bits per heavy atom. The van der Waals surface area contributed by atoms with Crippen LogP contribution in [0.15, 0.2) is 6.07 Å². The maximum atomic E-state index is 11.6. The van der Waals surface area contributed by atoms with Gasteiger partial charge in [-0.2, -0.15) is 0 Å². The number of benzene rings is 1. The summed E-state index contributed by atoms with van der Waals surface area (Å²) in [6.45, 7) is 4.81. The average molecular weight is 210 g/mol. The summed E-state index contributed by atoms with van der Waals surface area (Å²) in [6, 6.07) is 1.06. The Kier molecular flexibility index (Phi) is 2.88. The first-order valence-electron chi connectivity index (χ1n) is 4.65. The molecule has 1 aromatic rings. The van der Waals surface area contributed by atoms with Gasteiger partial charge in [0.1, 0.15) is 22.8 Å². The lowest BCUT2D eigenvalue weighted by Gasteiger charge is -2.11. The maximum absolute atomic E-state index is 11.6. The monoisotopic (exact) mass is 210 g/mol. The molecule has 0 aliphatic heterocycles. The number of carbonyl (C=O) groups excluding carboxylic acids is 1. The third kappa shape index (κ3) is 1.88. The Balaban J connectivity index is 3.43. The number of hydrogen-bond donors (Lipinski definition) is 3. The topological polar surface area (TPSA) is 77.8 Å². The van der Waals surface area contributed by atoms with E-state index in [4.69, 9.17) is 0 Å². The second-order valence-electron chi connectivity index (χ2n) is 3.78. The van der Waals surface area contributed by atoms with Crippen molar-refractivity contribution in [3.8, 4) is 17.2 Å². The number of phenols is 3. The normalized spacial score (nSPS) is 10.7. The molecular weight excluding hydrogens is 196 g/mol. The highest BCUT2D eigenvalue weighted by atomic mass is 16.3. The SMILES string of the molecule is Cc1c(O)cc(O)c(C(=O)C(C)C)c1O. The zero-order valence-electron chi connectivity index (χ0n) is 8.90. The van der Waals surface area contributed by atoms with E-state index in [0.717, 1.165) is 6.07 Å². The Labute approximate surface area is 87.8 Å². The molecule has 4 nitrogen and oxygen atoms in total. The third-order valence-electron chi connectivity index (χ3n) is 2.28. The van der Waals surface area contributed by atoms with E-state index in [9.17, 15) is 20.1 Å². The highest BCUT2D eigenvalue weighted by Crippen LogP contribution is 2.37. The van der Waals surface area contributed by atoms with Gasteiger partial charge in [-0.25, -0.2) is 0 Å². The summed E-state index contributed by atoms with van der Waals surface area (Å²) in [5.74, 6) is -1.66. The lowest BCUT2D eigenvalue weighted by Crippen LogP contribution is -2.08. The lowest BCUT2D eigenvalue weighted by atomic mass is 9.97. The predicted octanol–water partition coefficient (Wildman–Crippen LogP) is 1.95. The maximum Gasteiger partial charge on any atom is 0.172 e. The molecule has 0 spiro atoms. The molecule has 0 aromatic heterocycles. The van der Waals surface area contributed by atoms with E-state index in [0.29, 0.717) is 0 Å². The van der Waals surface area contributed by atoms with Crippen LogP contribution in [0.5, 0.6) is 17.2 Å². The van der Waals surface area contributed by atoms with Gasteiger partial charge < -0.3 is 15.3 Å². The van der Waals surface area contributed by atoms with Gasteiger partial charge in [0.2, 0.25) is 0 Å². The second-order valence-corrected chi connectivity index (χ2v) is 3.78. The summed E-state index contributed by atoms with van der Waals surface area (Å²) >= 11 is 0. The largest absolute Gasteiger partial charge is 0.507 e. The molecule has 0 aliphatic rings. The summed E-state index contributed by atoms with van der Waals surface area (Å²) in [5.41, 5.74) is 0.0668. The summed E-state index contributed by atoms with van der Waals surface area (Å²) in [7, 11) is 0. The van der Waals surface area contributed by atoms with Crippen LogP contribution in [0.25, 0.3) is 0 Å². The van der Waals surface area contributed by atoms with Gasteiger partial charge in [0.15, 0.2) is 5.78 Å². The Morgan fingerprint density at radius 1 is 1.20 bits per heavy atom. The second kappa shape index (κ2) is 3.81. The standard InChI is InChI=1S/C11H14O4/c1-5(2)10(14)9-8(13)4-7(12)6(3)11(9)15/h4-5,12-13,15H,1-3H3. The van der Waals surface area contributed by atoms with Crippen molar-refractivity contribution in [3.05, 3.63) is 17.2 Å². The van der Waals surface area contributed by atoms with Crippen LogP contribution in [-0.4, -0.2) is 21.1 Å². The van der Waals surface area contributed by atoms with Crippen molar-refractivity contribution in [2.45, 2.75) is 20.8 Å². The molecule has 0 radical (unpaired) electrons. The van der Waals surface area contributed by atoms with Gasteiger partial charge in [-0.1, -0.05) is 13.8 Å². The molecule has 0 unspecified atom stereocenters. The number of ketones is 1. The first-order chi connectivity index (χ1) is 6.86. The molecule has 82 valence electrons. The smallest absolute Gasteiger partial charge is 0.172 e. The summed E-state index contributed by atoms with van der Waals surface area (Å²) in [4.78, 5) is 11.6. The minimum Gasteiger partial charge on any atom is -0.507 e. The van der Waals surface area contributed by atoms with Crippen molar-refractivity contribution in [2.24, 2.45) is 5.92 Å². The molecule has 15 heavy (non-hydrogen) atoms. The van der Waals surface area contributed by atoms with Gasteiger partial charge in [-0.15, -0.1) is 0 Å². The summed E-state index contributed by atoms with van der Waals surface area (Å²) < 4.78 is 0. The molecule has 0 amide bonds. The molecule has 3 N–H and O–H groups in total. The molecule has 0 saturated carbocycles. The van der Waals surface area contributed by atoms with E-state index in [1.54, 1.807) is 13.8 Å². The number of phenolic OH excluding ortho intramolecular Hbond substituents is 3. The number of rotatable bonds is 2. The lowest BCUT2D eigenvalue weighted by molar-refractivity contribution is 0.0933. The number of carbonyl (C=O) groups is 1. The number of hydrogen-bond acceptors (Lipinski definition) is 4. The molecule has 1 aromatic carbocycles. The van der Waals surface area contributed by atoms with Crippen LogP contribution < -0.4 is 0 Å². The highest BCUT2D eigenvalue weighted by Gasteiger charge is 2.22. The van der Waals surface area contributed by atoms with Crippen LogP contribution >= 0.6 is 0 Å². The summed E-state index contributed by atoms with van der Waals surface area (Å²) in [6.07, 6.45) is 0. The zero-order chi connectivity index (χ0) is 11.7. The van der Waals surface area contributed by atoms with Gasteiger partial charge in [0.05, 0.1) is 0 Å².